The fourth-order valence-electron chi connectivity index (χ4n) is 1.80. The summed E-state index contributed by atoms with van der Waals surface area (Å²) < 4.78 is 10.4. The van der Waals surface area contributed by atoms with Gasteiger partial charge in [-0.05, 0) is 33.1 Å². The van der Waals surface area contributed by atoms with Crippen LogP contribution in [0.15, 0.2) is 9.52 Å². The van der Waals surface area contributed by atoms with Crippen molar-refractivity contribution in [2.24, 2.45) is 4.99 Å². The van der Waals surface area contributed by atoms with E-state index in [4.69, 9.17) is 9.26 Å². The van der Waals surface area contributed by atoms with Gasteiger partial charge in [0.15, 0.2) is 11.8 Å². The van der Waals surface area contributed by atoms with Crippen molar-refractivity contribution in [3.05, 3.63) is 11.7 Å². The molecule has 0 spiro atoms. The molecular weight excluding hydrogens is 270 g/mol. The van der Waals surface area contributed by atoms with Gasteiger partial charge in [-0.15, -0.1) is 0 Å². The average Bonchev–Trinajstić information content (AvgIpc) is 3.19. The lowest BCUT2D eigenvalue weighted by Crippen LogP contribution is -2.39. The van der Waals surface area contributed by atoms with Crippen LogP contribution in [-0.4, -0.2) is 48.4 Å². The Kier molecular flexibility index (Phi) is 6.46. The van der Waals surface area contributed by atoms with E-state index in [1.165, 1.54) is 12.8 Å². The second kappa shape index (κ2) is 8.61. The molecule has 1 aliphatic rings. The maximum Gasteiger partial charge on any atom is 0.228 e. The number of hydrogen-bond donors (Lipinski definition) is 2. The third-order valence-electron chi connectivity index (χ3n) is 3.04. The minimum Gasteiger partial charge on any atom is -0.382 e. The average molecular weight is 295 g/mol. The molecule has 0 saturated heterocycles. The van der Waals surface area contributed by atoms with Crippen LogP contribution in [0, 0.1) is 6.92 Å². The van der Waals surface area contributed by atoms with Crippen LogP contribution in [0.25, 0.3) is 0 Å². The zero-order valence-electron chi connectivity index (χ0n) is 12.9. The van der Waals surface area contributed by atoms with Crippen molar-refractivity contribution in [3.8, 4) is 0 Å². The molecule has 7 heteroatoms. The van der Waals surface area contributed by atoms with E-state index in [1.807, 2.05) is 13.8 Å². The van der Waals surface area contributed by atoms with Crippen molar-refractivity contribution in [2.75, 3.05) is 26.3 Å². The minimum absolute atomic E-state index is 0.578. The Morgan fingerprint density at radius 3 is 3.00 bits per heavy atom. The Labute approximate surface area is 125 Å². The van der Waals surface area contributed by atoms with E-state index < -0.39 is 0 Å². The maximum absolute atomic E-state index is 5.31. The zero-order valence-corrected chi connectivity index (χ0v) is 12.9. The topological polar surface area (TPSA) is 84.6 Å². The first-order chi connectivity index (χ1) is 10.3. The molecule has 1 aliphatic carbocycles. The number of aromatic nitrogens is 2. The highest BCUT2D eigenvalue weighted by Gasteiger charge is 2.22. The summed E-state index contributed by atoms with van der Waals surface area (Å²) >= 11 is 0. The first kappa shape index (κ1) is 15.8. The summed E-state index contributed by atoms with van der Waals surface area (Å²) in [6.45, 7) is 6.84. The van der Waals surface area contributed by atoms with Crippen LogP contribution in [0.5, 0.6) is 0 Å². The highest BCUT2D eigenvalue weighted by molar-refractivity contribution is 5.80. The van der Waals surface area contributed by atoms with Gasteiger partial charge in [0.05, 0.1) is 0 Å². The summed E-state index contributed by atoms with van der Waals surface area (Å²) in [5.41, 5.74) is 0. The molecule has 2 N–H and O–H groups in total. The summed E-state index contributed by atoms with van der Waals surface area (Å²) in [4.78, 5) is 8.74. The van der Waals surface area contributed by atoms with Crippen molar-refractivity contribution < 1.29 is 9.26 Å². The Morgan fingerprint density at radius 1 is 1.48 bits per heavy atom. The standard InChI is InChI=1S/C14H25N5O2/c1-3-20-10-4-8-15-14(18-12-5-6-12)16-9-7-13-17-11(2)19-21-13/h12H,3-10H2,1-2H3,(H2,15,16,18). The van der Waals surface area contributed by atoms with Crippen molar-refractivity contribution in [2.45, 2.75) is 45.6 Å². The Balaban J connectivity index is 1.69. The number of aliphatic imine (C=N–C) groups is 1. The van der Waals surface area contributed by atoms with E-state index in [0.29, 0.717) is 24.2 Å². The fourth-order valence-corrected chi connectivity index (χ4v) is 1.80. The highest BCUT2D eigenvalue weighted by Crippen LogP contribution is 2.18. The number of guanidine groups is 1. The van der Waals surface area contributed by atoms with Gasteiger partial charge in [-0.1, -0.05) is 5.16 Å². The van der Waals surface area contributed by atoms with Crippen LogP contribution in [0.1, 0.15) is 37.9 Å². The number of hydrogen-bond acceptors (Lipinski definition) is 5. The quantitative estimate of drug-likeness (QED) is 0.402. The van der Waals surface area contributed by atoms with Gasteiger partial charge in [0, 0.05) is 38.8 Å². The van der Waals surface area contributed by atoms with E-state index in [9.17, 15) is 0 Å². The molecule has 2 rings (SSSR count). The Bertz CT molecular complexity index is 442. The van der Waals surface area contributed by atoms with Gasteiger partial charge in [-0.25, -0.2) is 0 Å². The van der Waals surface area contributed by atoms with E-state index >= 15 is 0 Å². The largest absolute Gasteiger partial charge is 0.382 e. The lowest BCUT2D eigenvalue weighted by atomic mass is 10.4. The SMILES string of the molecule is CCOCCCN=C(NCCc1nc(C)no1)NC1CC1. The van der Waals surface area contributed by atoms with E-state index in [-0.39, 0.29) is 0 Å². The van der Waals surface area contributed by atoms with Crippen LogP contribution in [0.4, 0.5) is 0 Å². The lowest BCUT2D eigenvalue weighted by molar-refractivity contribution is 0.146. The molecule has 0 unspecified atom stereocenters. The van der Waals surface area contributed by atoms with Gasteiger partial charge in [0.2, 0.25) is 5.89 Å². The van der Waals surface area contributed by atoms with Gasteiger partial charge in [0.25, 0.3) is 0 Å². The second-order valence-electron chi connectivity index (χ2n) is 5.11. The molecule has 1 saturated carbocycles. The smallest absolute Gasteiger partial charge is 0.228 e. The first-order valence-electron chi connectivity index (χ1n) is 7.69. The van der Waals surface area contributed by atoms with Crippen molar-refractivity contribution in [1.82, 2.24) is 20.8 Å². The molecule has 1 aromatic heterocycles. The van der Waals surface area contributed by atoms with Gasteiger partial charge in [-0.3, -0.25) is 4.99 Å². The van der Waals surface area contributed by atoms with E-state index in [0.717, 1.165) is 38.7 Å². The van der Waals surface area contributed by atoms with Crippen LogP contribution >= 0.6 is 0 Å². The Hall–Kier alpha value is -1.63. The van der Waals surface area contributed by atoms with Crippen LogP contribution in [-0.2, 0) is 11.2 Å². The van der Waals surface area contributed by atoms with Gasteiger partial charge >= 0.3 is 0 Å². The fraction of sp³-hybridized carbons (Fsp3) is 0.786. The van der Waals surface area contributed by atoms with Crippen molar-refractivity contribution in [1.29, 1.82) is 0 Å². The predicted molar refractivity (Wildman–Crippen MR) is 80.3 cm³/mol. The number of nitrogens with zero attached hydrogens (tertiary/aromatic N) is 3. The van der Waals surface area contributed by atoms with Crippen LogP contribution in [0.2, 0.25) is 0 Å². The number of aryl methyl sites for hydroxylation is 1. The van der Waals surface area contributed by atoms with E-state index in [2.05, 4.69) is 25.8 Å². The molecule has 0 bridgehead atoms. The highest BCUT2D eigenvalue weighted by atomic mass is 16.5. The maximum atomic E-state index is 5.31. The normalized spacial score (nSPS) is 15.2. The molecule has 0 amide bonds. The van der Waals surface area contributed by atoms with Crippen molar-refractivity contribution >= 4 is 5.96 Å². The third kappa shape index (κ3) is 6.57. The summed E-state index contributed by atoms with van der Waals surface area (Å²) in [5, 5.41) is 10.5. The molecule has 1 fully saturated rings. The van der Waals surface area contributed by atoms with Gasteiger partial charge < -0.3 is 19.9 Å². The van der Waals surface area contributed by atoms with Crippen LogP contribution < -0.4 is 10.6 Å². The minimum atomic E-state index is 0.578. The second-order valence-corrected chi connectivity index (χ2v) is 5.11. The molecule has 0 radical (unpaired) electrons. The van der Waals surface area contributed by atoms with E-state index in [1.54, 1.807) is 0 Å². The number of nitrogens with one attached hydrogen (secondary N) is 2. The lowest BCUT2D eigenvalue weighted by Gasteiger charge is -2.11. The molecule has 0 aromatic carbocycles. The van der Waals surface area contributed by atoms with Crippen molar-refractivity contribution in [3.63, 3.8) is 0 Å². The molecule has 21 heavy (non-hydrogen) atoms. The number of ether oxygens (including phenoxy) is 1. The molecule has 0 aliphatic heterocycles. The predicted octanol–water partition coefficient (Wildman–Crippen LogP) is 1.04. The molecule has 118 valence electrons. The third-order valence-corrected chi connectivity index (χ3v) is 3.04. The molecule has 7 nitrogen and oxygen atoms in total. The monoisotopic (exact) mass is 295 g/mol. The summed E-state index contributed by atoms with van der Waals surface area (Å²) in [7, 11) is 0. The summed E-state index contributed by atoms with van der Waals surface area (Å²) in [6.07, 6.45) is 4.09. The molecule has 1 heterocycles. The first-order valence-corrected chi connectivity index (χ1v) is 7.69. The van der Waals surface area contributed by atoms with Gasteiger partial charge in [0.1, 0.15) is 0 Å². The Morgan fingerprint density at radius 2 is 2.33 bits per heavy atom. The molecule has 0 atom stereocenters. The number of rotatable bonds is 9. The molecule has 1 aromatic rings. The van der Waals surface area contributed by atoms with Gasteiger partial charge in [-0.2, -0.15) is 4.98 Å². The summed E-state index contributed by atoms with van der Waals surface area (Å²) in [6, 6.07) is 0.578. The molecular formula is C14H25N5O2. The summed E-state index contributed by atoms with van der Waals surface area (Å²) in [5.74, 6) is 2.19. The zero-order chi connectivity index (χ0) is 14.9. The van der Waals surface area contributed by atoms with Crippen LogP contribution in [0.3, 0.4) is 0 Å².